The Kier molecular flexibility index (Phi) is 3.88. The van der Waals surface area contributed by atoms with Gasteiger partial charge in [-0.15, -0.1) is 0 Å². The Hall–Kier alpha value is -1.61. The Labute approximate surface area is 74.2 Å². The predicted octanol–water partition coefficient (Wildman–Crippen LogP) is -1.70. The second-order valence-electron chi connectivity index (χ2n) is 3.05. The van der Waals surface area contributed by atoms with E-state index in [-0.39, 0.29) is 0 Å². The van der Waals surface area contributed by atoms with E-state index in [9.17, 15) is 10.1 Å². The Morgan fingerprint density at radius 3 is 2.15 bits per heavy atom. The molecule has 0 saturated carbocycles. The van der Waals surface area contributed by atoms with Crippen LogP contribution >= 0.6 is 0 Å². The Bertz CT molecular complexity index is 244. The van der Waals surface area contributed by atoms with Crippen LogP contribution < -0.4 is 10.9 Å². The minimum Gasteiger partial charge on any atom is -0.458 e. The third-order valence-electron chi connectivity index (χ3n) is 0.472. The van der Waals surface area contributed by atoms with E-state index in [1.54, 1.807) is 0 Å². The minimum atomic E-state index is -0.764. The molecule has 74 valence electrons. The summed E-state index contributed by atoms with van der Waals surface area (Å²) < 4.78 is 0.500. The van der Waals surface area contributed by atoms with E-state index in [1.165, 1.54) is 0 Å². The first kappa shape index (κ1) is 11.4. The van der Waals surface area contributed by atoms with Gasteiger partial charge in [0.2, 0.25) is 0 Å². The lowest BCUT2D eigenvalue weighted by molar-refractivity contribution is -0.882. The van der Waals surface area contributed by atoms with Crippen LogP contribution in [0.3, 0.4) is 0 Å². The van der Waals surface area contributed by atoms with E-state index < -0.39 is 10.9 Å². The van der Waals surface area contributed by atoms with Gasteiger partial charge >= 0.3 is 0 Å². The molecule has 0 saturated heterocycles. The highest BCUT2D eigenvalue weighted by molar-refractivity contribution is 4.90. The van der Waals surface area contributed by atoms with Crippen LogP contribution in [0.5, 0.6) is 0 Å². The van der Waals surface area contributed by atoms with Crippen molar-refractivity contribution in [2.24, 2.45) is 5.84 Å². The van der Waals surface area contributed by atoms with Gasteiger partial charge in [0.15, 0.2) is 0 Å². The maximum absolute atomic E-state index is 9.66. The fraction of sp³-hybridized carbons (Fsp3) is 0.750. The predicted molar refractivity (Wildman–Crippen MR) is 42.0 cm³/mol. The van der Waals surface area contributed by atoms with Gasteiger partial charge in [-0.05, 0) is 10.4 Å². The van der Waals surface area contributed by atoms with Gasteiger partial charge in [-0.1, -0.05) is 10.2 Å². The van der Waals surface area contributed by atoms with Crippen molar-refractivity contribution < 1.29 is 9.52 Å². The first-order chi connectivity index (χ1) is 5.80. The smallest absolute Gasteiger partial charge is 0.296 e. The topological polar surface area (TPSA) is 122 Å². The third-order valence-corrected chi connectivity index (χ3v) is 0.472. The number of rotatable bonds is 1. The highest BCUT2D eigenvalue weighted by Gasteiger charge is 1.93. The van der Waals surface area contributed by atoms with Crippen molar-refractivity contribution in [3.63, 3.8) is 0 Å². The van der Waals surface area contributed by atoms with Crippen LogP contribution in [0.15, 0.2) is 0 Å². The number of nitro groups is 1. The summed E-state index contributed by atoms with van der Waals surface area (Å²) in [5, 5.41) is 21.3. The molecule has 0 aliphatic heterocycles. The SMILES string of the molecule is C[N+](C)(C)N.O=[N+]([O-])c1nnn[n-]1. The highest BCUT2D eigenvalue weighted by atomic mass is 16.6. The number of hydrogen-bond acceptors (Lipinski definition) is 6. The van der Waals surface area contributed by atoms with E-state index in [4.69, 9.17) is 5.84 Å². The molecule has 0 unspecified atom stereocenters. The van der Waals surface area contributed by atoms with Gasteiger partial charge in [0, 0.05) is 0 Å². The maximum Gasteiger partial charge on any atom is 0.296 e. The second kappa shape index (κ2) is 4.42. The molecule has 9 heteroatoms. The fourth-order valence-corrected chi connectivity index (χ4v) is 0.213. The molecule has 13 heavy (non-hydrogen) atoms. The Morgan fingerprint density at radius 1 is 1.54 bits per heavy atom. The molecule has 1 aromatic rings. The molecular formula is C4H11N7O2. The molecule has 0 bridgehead atoms. The molecule has 0 amide bonds. The van der Waals surface area contributed by atoms with Crippen molar-refractivity contribution in [2.75, 3.05) is 21.1 Å². The minimum absolute atomic E-state index is 0.500. The Morgan fingerprint density at radius 2 is 2.00 bits per heavy atom. The molecule has 0 spiro atoms. The van der Waals surface area contributed by atoms with Crippen LogP contribution in [0.25, 0.3) is 0 Å². The van der Waals surface area contributed by atoms with Crippen LogP contribution in [-0.2, 0) is 0 Å². The summed E-state index contributed by atoms with van der Waals surface area (Å²) >= 11 is 0. The molecule has 1 rings (SSSR count). The van der Waals surface area contributed by atoms with E-state index >= 15 is 0 Å². The molecule has 0 fully saturated rings. The molecule has 1 aromatic heterocycles. The number of tetrazole rings is 1. The van der Waals surface area contributed by atoms with Gasteiger partial charge in [-0.25, -0.2) is 0 Å². The van der Waals surface area contributed by atoms with Gasteiger partial charge in [0.25, 0.3) is 5.95 Å². The zero-order chi connectivity index (χ0) is 10.5. The summed E-state index contributed by atoms with van der Waals surface area (Å²) in [5.74, 6) is 4.73. The maximum atomic E-state index is 9.66. The molecule has 0 aliphatic carbocycles. The van der Waals surface area contributed by atoms with Crippen LogP contribution in [0.2, 0.25) is 0 Å². The zero-order valence-corrected chi connectivity index (χ0v) is 7.58. The quantitative estimate of drug-likeness (QED) is 0.242. The lowest BCUT2D eigenvalue weighted by atomic mass is 10.9. The molecule has 0 radical (unpaired) electrons. The van der Waals surface area contributed by atoms with Crippen molar-refractivity contribution >= 4 is 5.95 Å². The van der Waals surface area contributed by atoms with Gasteiger partial charge < -0.3 is 10.1 Å². The summed E-state index contributed by atoms with van der Waals surface area (Å²) in [6.07, 6.45) is 0. The summed E-state index contributed by atoms with van der Waals surface area (Å²) in [7, 11) is 5.71. The van der Waals surface area contributed by atoms with E-state index in [2.05, 4.69) is 20.6 Å². The molecule has 9 nitrogen and oxygen atoms in total. The lowest BCUT2D eigenvalue weighted by Gasteiger charge is -2.12. The number of nitrogens with two attached hydrogens (primary N) is 1. The molecule has 0 aliphatic rings. The lowest BCUT2D eigenvalue weighted by Crippen LogP contribution is -2.41. The zero-order valence-electron chi connectivity index (χ0n) is 7.58. The van der Waals surface area contributed by atoms with Gasteiger partial charge in [-0.2, -0.15) is 10.8 Å². The van der Waals surface area contributed by atoms with Gasteiger partial charge in [0.05, 0.1) is 21.1 Å². The van der Waals surface area contributed by atoms with Gasteiger partial charge in [0.1, 0.15) is 0 Å². The summed E-state index contributed by atoms with van der Waals surface area (Å²) in [6.45, 7) is 0. The first-order valence-corrected chi connectivity index (χ1v) is 3.24. The van der Waals surface area contributed by atoms with Gasteiger partial charge in [-0.3, -0.25) is 4.59 Å². The number of quaternary nitrogens is 1. The molecule has 2 N–H and O–H groups in total. The highest BCUT2D eigenvalue weighted by Crippen LogP contribution is 1.90. The summed E-state index contributed by atoms with van der Waals surface area (Å²) in [4.78, 5) is 8.90. The summed E-state index contributed by atoms with van der Waals surface area (Å²) in [5.41, 5.74) is 0. The molecule has 0 atom stereocenters. The van der Waals surface area contributed by atoms with Crippen molar-refractivity contribution in [2.45, 2.75) is 0 Å². The van der Waals surface area contributed by atoms with E-state index in [0.29, 0.717) is 4.59 Å². The first-order valence-electron chi connectivity index (χ1n) is 3.24. The van der Waals surface area contributed by atoms with Crippen molar-refractivity contribution in [1.82, 2.24) is 20.6 Å². The summed E-state index contributed by atoms with van der Waals surface area (Å²) in [6, 6.07) is 0. The number of nitrogens with zero attached hydrogens (tertiary/aromatic N) is 6. The normalized spacial score (nSPS) is 10.2. The largest absolute Gasteiger partial charge is 0.458 e. The van der Waals surface area contributed by atoms with E-state index in [0.717, 1.165) is 0 Å². The van der Waals surface area contributed by atoms with Crippen LogP contribution in [0.1, 0.15) is 0 Å². The van der Waals surface area contributed by atoms with Crippen LogP contribution in [-0.4, -0.2) is 46.2 Å². The second-order valence-corrected chi connectivity index (χ2v) is 3.05. The standard InChI is InChI=1S/C3H11N2.CN5O2/c1-5(2,3)4;7-6(8)1-2-4-5-3-1/h4H2,1-3H3;/q+1;-1. The molecule has 1 heterocycles. The van der Waals surface area contributed by atoms with Crippen molar-refractivity contribution in [1.29, 1.82) is 0 Å². The third kappa shape index (κ3) is 8.29. The van der Waals surface area contributed by atoms with Crippen LogP contribution in [0.4, 0.5) is 5.95 Å². The average Bonchev–Trinajstić information content (AvgIpc) is 2.31. The number of aromatic nitrogens is 4. The van der Waals surface area contributed by atoms with Crippen molar-refractivity contribution in [3.05, 3.63) is 10.1 Å². The number of hydrogen-bond donors (Lipinski definition) is 1. The van der Waals surface area contributed by atoms with Crippen molar-refractivity contribution in [3.8, 4) is 0 Å². The Balaban J connectivity index is 0.000000252. The molecule has 0 aromatic carbocycles. The average molecular weight is 189 g/mol. The monoisotopic (exact) mass is 189 g/mol. The molecular weight excluding hydrogens is 178 g/mol. The fourth-order valence-electron chi connectivity index (χ4n) is 0.213. The van der Waals surface area contributed by atoms with E-state index in [1.807, 2.05) is 21.1 Å². The van der Waals surface area contributed by atoms with Crippen LogP contribution in [0, 0.1) is 10.1 Å².